The number of nitrogens with one attached hydrogen (secondary N) is 1. The molecule has 3 rings (SSSR count). The van der Waals surface area contributed by atoms with Crippen LogP contribution in [-0.2, 0) is 11.3 Å². The first-order valence-electron chi connectivity index (χ1n) is 9.32. The summed E-state index contributed by atoms with van der Waals surface area (Å²) in [5, 5.41) is 7.02. The van der Waals surface area contributed by atoms with E-state index in [1.807, 2.05) is 13.0 Å². The molecule has 1 N–H and O–H groups in total. The summed E-state index contributed by atoms with van der Waals surface area (Å²) < 4.78 is 10.6. The maximum absolute atomic E-state index is 12.6. The van der Waals surface area contributed by atoms with Crippen molar-refractivity contribution in [1.29, 1.82) is 0 Å². The topological polar surface area (TPSA) is 70.8 Å². The molecule has 7 nitrogen and oxygen atoms in total. The second-order valence-corrected chi connectivity index (χ2v) is 7.05. The van der Waals surface area contributed by atoms with Crippen LogP contribution in [0.2, 0.25) is 0 Å². The Morgan fingerprint density at radius 2 is 2.07 bits per heavy atom. The van der Waals surface area contributed by atoms with Gasteiger partial charge in [0.25, 0.3) is 0 Å². The summed E-state index contributed by atoms with van der Waals surface area (Å²) in [5.74, 6) is 0.741. The highest BCUT2D eigenvalue weighted by atomic mass is 16.5. The maximum Gasteiger partial charge on any atom is 0.317 e. The van der Waals surface area contributed by atoms with Crippen LogP contribution in [0.4, 0.5) is 4.79 Å². The van der Waals surface area contributed by atoms with E-state index in [2.05, 4.69) is 46.6 Å². The summed E-state index contributed by atoms with van der Waals surface area (Å²) in [7, 11) is 1.76. The van der Waals surface area contributed by atoms with Gasteiger partial charge in [0.05, 0.1) is 25.8 Å². The average molecular weight is 372 g/mol. The molecule has 0 radical (unpaired) electrons. The molecule has 1 atom stereocenters. The maximum atomic E-state index is 12.6. The summed E-state index contributed by atoms with van der Waals surface area (Å²) >= 11 is 0. The molecule has 1 aliphatic heterocycles. The van der Waals surface area contributed by atoms with Crippen molar-refractivity contribution in [3.05, 3.63) is 52.9 Å². The van der Waals surface area contributed by atoms with Crippen molar-refractivity contribution in [3.63, 3.8) is 0 Å². The molecule has 1 unspecified atom stereocenters. The lowest BCUT2D eigenvalue weighted by molar-refractivity contribution is 0.0165. The second kappa shape index (κ2) is 9.01. The second-order valence-electron chi connectivity index (χ2n) is 7.05. The van der Waals surface area contributed by atoms with E-state index in [1.54, 1.807) is 11.9 Å². The van der Waals surface area contributed by atoms with Gasteiger partial charge in [0.15, 0.2) is 0 Å². The summed E-state index contributed by atoms with van der Waals surface area (Å²) in [4.78, 5) is 16.5. The number of hydrogen-bond donors (Lipinski definition) is 1. The third kappa shape index (κ3) is 5.30. The number of morpholine rings is 1. The van der Waals surface area contributed by atoms with Gasteiger partial charge in [-0.1, -0.05) is 35.0 Å². The molecule has 1 saturated heterocycles. The van der Waals surface area contributed by atoms with Crippen LogP contribution < -0.4 is 5.32 Å². The molecule has 2 amide bonds. The molecule has 2 aromatic rings. The minimum Gasteiger partial charge on any atom is -0.379 e. The number of urea groups is 1. The standard InChI is InChI=1S/C20H28N4O3/c1-15-5-4-6-17(11-15)19(24-7-9-26-10-8-24)13-21-20(25)23(3)14-18-12-16(2)27-22-18/h4-6,11-12,19H,7-10,13-14H2,1-3H3,(H,21,25). The van der Waals surface area contributed by atoms with Crippen LogP contribution in [0, 0.1) is 13.8 Å². The number of aryl methyl sites for hydroxylation is 2. The fourth-order valence-electron chi connectivity index (χ4n) is 3.35. The number of nitrogens with zero attached hydrogens (tertiary/aromatic N) is 3. The van der Waals surface area contributed by atoms with E-state index in [-0.39, 0.29) is 12.1 Å². The predicted octanol–water partition coefficient (Wildman–Crippen LogP) is 2.51. The smallest absolute Gasteiger partial charge is 0.317 e. The van der Waals surface area contributed by atoms with E-state index < -0.39 is 0 Å². The molecule has 1 aromatic carbocycles. The molecular formula is C20H28N4O3. The normalized spacial score (nSPS) is 16.1. The van der Waals surface area contributed by atoms with Crippen molar-refractivity contribution < 1.29 is 14.1 Å². The number of carbonyl (C=O) groups excluding carboxylic acids is 1. The Morgan fingerprint density at radius 3 is 2.74 bits per heavy atom. The van der Waals surface area contributed by atoms with Gasteiger partial charge in [-0.2, -0.15) is 0 Å². The van der Waals surface area contributed by atoms with Crippen LogP contribution in [0.5, 0.6) is 0 Å². The van der Waals surface area contributed by atoms with Gasteiger partial charge in [0, 0.05) is 32.7 Å². The largest absolute Gasteiger partial charge is 0.379 e. The first-order valence-corrected chi connectivity index (χ1v) is 9.32. The van der Waals surface area contributed by atoms with E-state index in [4.69, 9.17) is 9.26 Å². The quantitative estimate of drug-likeness (QED) is 0.844. The van der Waals surface area contributed by atoms with Crippen LogP contribution in [0.25, 0.3) is 0 Å². The highest BCUT2D eigenvalue weighted by molar-refractivity contribution is 5.73. The third-order valence-electron chi connectivity index (χ3n) is 4.78. The van der Waals surface area contributed by atoms with Gasteiger partial charge in [-0.15, -0.1) is 0 Å². The molecule has 146 valence electrons. The van der Waals surface area contributed by atoms with Gasteiger partial charge in [0.1, 0.15) is 11.5 Å². The van der Waals surface area contributed by atoms with E-state index in [0.717, 1.165) is 37.8 Å². The van der Waals surface area contributed by atoms with Gasteiger partial charge >= 0.3 is 6.03 Å². The van der Waals surface area contributed by atoms with Gasteiger partial charge in [0.2, 0.25) is 0 Å². The van der Waals surface area contributed by atoms with E-state index in [9.17, 15) is 4.79 Å². The van der Waals surface area contributed by atoms with Crippen molar-refractivity contribution in [1.82, 2.24) is 20.3 Å². The summed E-state index contributed by atoms with van der Waals surface area (Å²) in [6, 6.07) is 10.3. The van der Waals surface area contributed by atoms with Crippen molar-refractivity contribution in [2.45, 2.75) is 26.4 Å². The molecule has 1 aromatic heterocycles. The van der Waals surface area contributed by atoms with E-state index in [0.29, 0.717) is 13.1 Å². The SMILES string of the molecule is Cc1cccc(C(CNC(=O)N(C)Cc2cc(C)on2)N2CCOCC2)c1. The number of ether oxygens (including phenoxy) is 1. The zero-order chi connectivity index (χ0) is 19.2. The molecular weight excluding hydrogens is 344 g/mol. The van der Waals surface area contributed by atoms with Crippen LogP contribution in [0.15, 0.2) is 34.9 Å². The van der Waals surface area contributed by atoms with Crippen LogP contribution in [0.3, 0.4) is 0 Å². The Hall–Kier alpha value is -2.38. The number of aromatic nitrogens is 1. The van der Waals surface area contributed by atoms with E-state index in [1.165, 1.54) is 11.1 Å². The number of benzene rings is 1. The molecule has 0 saturated carbocycles. The summed E-state index contributed by atoms with van der Waals surface area (Å²) in [6.45, 7) is 8.06. The lowest BCUT2D eigenvalue weighted by Gasteiger charge is -2.35. The van der Waals surface area contributed by atoms with Gasteiger partial charge in [-0.3, -0.25) is 4.90 Å². The van der Waals surface area contributed by atoms with Crippen molar-refractivity contribution in [2.24, 2.45) is 0 Å². The molecule has 1 fully saturated rings. The van der Waals surface area contributed by atoms with Crippen molar-refractivity contribution in [2.75, 3.05) is 39.9 Å². The first kappa shape index (κ1) is 19.4. The highest BCUT2D eigenvalue weighted by Crippen LogP contribution is 2.22. The molecule has 0 aliphatic carbocycles. The van der Waals surface area contributed by atoms with Crippen LogP contribution in [-0.4, -0.2) is 60.9 Å². The van der Waals surface area contributed by atoms with Gasteiger partial charge in [-0.25, -0.2) is 4.79 Å². The van der Waals surface area contributed by atoms with Gasteiger partial charge in [-0.05, 0) is 19.4 Å². The van der Waals surface area contributed by atoms with Crippen LogP contribution in [0.1, 0.15) is 28.6 Å². The van der Waals surface area contributed by atoms with Crippen molar-refractivity contribution >= 4 is 6.03 Å². The zero-order valence-corrected chi connectivity index (χ0v) is 16.3. The lowest BCUT2D eigenvalue weighted by atomic mass is 10.0. The monoisotopic (exact) mass is 372 g/mol. The summed E-state index contributed by atoms with van der Waals surface area (Å²) in [5.41, 5.74) is 3.18. The summed E-state index contributed by atoms with van der Waals surface area (Å²) in [6.07, 6.45) is 0. The molecule has 7 heteroatoms. The van der Waals surface area contributed by atoms with Crippen molar-refractivity contribution in [3.8, 4) is 0 Å². The third-order valence-corrected chi connectivity index (χ3v) is 4.78. The molecule has 0 spiro atoms. The number of amides is 2. The Balaban J connectivity index is 1.63. The first-order chi connectivity index (χ1) is 13.0. The number of rotatable bonds is 6. The lowest BCUT2D eigenvalue weighted by Crippen LogP contribution is -2.46. The minimum atomic E-state index is -0.124. The molecule has 1 aliphatic rings. The molecule has 2 heterocycles. The van der Waals surface area contributed by atoms with E-state index >= 15 is 0 Å². The Kier molecular flexibility index (Phi) is 6.47. The fourth-order valence-corrected chi connectivity index (χ4v) is 3.35. The average Bonchev–Trinajstić information content (AvgIpc) is 3.07. The Labute approximate surface area is 160 Å². The number of carbonyl (C=O) groups is 1. The fraction of sp³-hybridized carbons (Fsp3) is 0.500. The highest BCUT2D eigenvalue weighted by Gasteiger charge is 2.24. The Bertz CT molecular complexity index is 755. The van der Waals surface area contributed by atoms with Gasteiger partial charge < -0.3 is 19.5 Å². The number of hydrogen-bond acceptors (Lipinski definition) is 5. The predicted molar refractivity (Wildman–Crippen MR) is 102 cm³/mol. The molecule has 0 bridgehead atoms. The molecule has 27 heavy (non-hydrogen) atoms. The Morgan fingerprint density at radius 1 is 1.30 bits per heavy atom. The van der Waals surface area contributed by atoms with Crippen LogP contribution >= 0.6 is 0 Å². The minimum absolute atomic E-state index is 0.124. The zero-order valence-electron chi connectivity index (χ0n) is 16.3.